The van der Waals surface area contributed by atoms with Gasteiger partial charge in [0, 0.05) is 42.8 Å². The Morgan fingerprint density at radius 1 is 0.878 bits per heavy atom. The van der Waals surface area contributed by atoms with Gasteiger partial charge in [-0.3, -0.25) is 9.10 Å². The molecule has 0 aliphatic rings. The third kappa shape index (κ3) is 7.33. The van der Waals surface area contributed by atoms with Crippen molar-refractivity contribution in [3.8, 4) is 0 Å². The summed E-state index contributed by atoms with van der Waals surface area (Å²) < 4.78 is 46.9. The van der Waals surface area contributed by atoms with Crippen LogP contribution in [0, 0.1) is 6.92 Å². The molecular weight excluding hydrogens is 666 g/mol. The summed E-state index contributed by atoms with van der Waals surface area (Å²) in [5, 5.41) is 0.801. The Hall–Kier alpha value is -4.74. The molecular formula is C37H40ClN3O7S. The van der Waals surface area contributed by atoms with Gasteiger partial charge in [-0.15, -0.1) is 0 Å². The van der Waals surface area contributed by atoms with Crippen LogP contribution in [0.5, 0.6) is 0 Å². The number of benzene rings is 3. The number of halogens is 1. The first kappa shape index (κ1) is 35.6. The van der Waals surface area contributed by atoms with Gasteiger partial charge in [-0.1, -0.05) is 29.8 Å². The standard InChI is InChI=1S/C37H40ClN3O7S/c1-6-39(7-2)27-17-16-26(23-40(24-28-13-12-20-47-28)36(42)30-14-10-11-15-32(30)38)33(21-27)41(8-3)49(44,45)29-18-19-34-31(22-29)25(5)35(48-34)37(43)46-9-4/h10-22H,6-9,23-24H2,1-5H3. The van der Waals surface area contributed by atoms with Gasteiger partial charge in [-0.2, -0.15) is 0 Å². The topological polar surface area (TPSA) is 114 Å². The summed E-state index contributed by atoms with van der Waals surface area (Å²) in [6.45, 7) is 11.1. The molecule has 1 amide bonds. The number of aryl methyl sites for hydroxylation is 1. The highest BCUT2D eigenvalue weighted by molar-refractivity contribution is 7.92. The van der Waals surface area contributed by atoms with Gasteiger partial charge in [0.1, 0.15) is 11.3 Å². The summed E-state index contributed by atoms with van der Waals surface area (Å²) in [5.41, 5.74) is 3.07. The lowest BCUT2D eigenvalue weighted by Gasteiger charge is -2.30. The number of sulfonamides is 1. The quantitative estimate of drug-likeness (QED) is 0.107. The van der Waals surface area contributed by atoms with Crippen LogP contribution in [-0.2, 0) is 27.8 Å². The van der Waals surface area contributed by atoms with E-state index in [1.54, 1.807) is 68.1 Å². The average molecular weight is 706 g/mol. The zero-order chi connectivity index (χ0) is 35.3. The van der Waals surface area contributed by atoms with Gasteiger partial charge < -0.3 is 23.4 Å². The second-order valence-corrected chi connectivity index (χ2v) is 13.6. The molecule has 0 saturated carbocycles. The minimum absolute atomic E-state index is 0.0277. The summed E-state index contributed by atoms with van der Waals surface area (Å²) in [7, 11) is -4.16. The van der Waals surface area contributed by atoms with Crippen molar-refractivity contribution in [2.75, 3.05) is 35.4 Å². The number of carbonyl (C=O) groups is 2. The molecule has 0 aliphatic carbocycles. The molecule has 49 heavy (non-hydrogen) atoms. The summed E-state index contributed by atoms with van der Waals surface area (Å²) >= 11 is 6.46. The largest absolute Gasteiger partial charge is 0.467 e. The predicted molar refractivity (Wildman–Crippen MR) is 191 cm³/mol. The van der Waals surface area contributed by atoms with Crippen molar-refractivity contribution in [3.05, 3.63) is 112 Å². The first-order valence-corrected chi connectivity index (χ1v) is 18.0. The van der Waals surface area contributed by atoms with Gasteiger partial charge in [-0.25, -0.2) is 13.2 Å². The molecule has 0 aliphatic heterocycles. The van der Waals surface area contributed by atoms with Crippen LogP contribution in [0.2, 0.25) is 5.02 Å². The number of ether oxygens (including phenoxy) is 1. The van der Waals surface area contributed by atoms with Gasteiger partial charge >= 0.3 is 5.97 Å². The molecule has 10 nitrogen and oxygen atoms in total. The molecule has 5 aromatic rings. The van der Waals surface area contributed by atoms with E-state index in [0.717, 1.165) is 5.69 Å². The van der Waals surface area contributed by atoms with E-state index in [4.69, 9.17) is 25.2 Å². The molecule has 258 valence electrons. The monoisotopic (exact) mass is 705 g/mol. The molecule has 0 unspecified atom stereocenters. The van der Waals surface area contributed by atoms with Crippen molar-refractivity contribution in [2.45, 2.75) is 52.6 Å². The summed E-state index contributed by atoms with van der Waals surface area (Å²) in [6, 6.07) is 20.5. The normalized spacial score (nSPS) is 11.5. The molecule has 0 radical (unpaired) electrons. The Morgan fingerprint density at radius 3 is 2.29 bits per heavy atom. The predicted octanol–water partition coefficient (Wildman–Crippen LogP) is 8.07. The summed E-state index contributed by atoms with van der Waals surface area (Å²) in [5.74, 6) is -0.343. The van der Waals surface area contributed by atoms with Crippen molar-refractivity contribution < 1.29 is 31.6 Å². The number of nitrogens with zero attached hydrogens (tertiary/aromatic N) is 3. The first-order chi connectivity index (χ1) is 23.5. The van der Waals surface area contributed by atoms with E-state index in [1.807, 2.05) is 32.0 Å². The van der Waals surface area contributed by atoms with Crippen LogP contribution in [0.4, 0.5) is 11.4 Å². The number of rotatable bonds is 14. The number of anilines is 2. The van der Waals surface area contributed by atoms with Crippen LogP contribution in [0.3, 0.4) is 0 Å². The lowest BCUT2D eigenvalue weighted by atomic mass is 10.1. The highest BCUT2D eigenvalue weighted by atomic mass is 35.5. The van der Waals surface area contributed by atoms with Gasteiger partial charge in [-0.05, 0) is 94.8 Å². The molecule has 0 N–H and O–H groups in total. The molecule has 2 aromatic heterocycles. The maximum absolute atomic E-state index is 14.6. The average Bonchev–Trinajstić information content (AvgIpc) is 3.73. The van der Waals surface area contributed by atoms with Gasteiger partial charge in [0.25, 0.3) is 15.9 Å². The zero-order valence-electron chi connectivity index (χ0n) is 28.2. The van der Waals surface area contributed by atoms with Gasteiger partial charge in [0.2, 0.25) is 5.76 Å². The van der Waals surface area contributed by atoms with E-state index in [-0.39, 0.29) is 42.8 Å². The lowest BCUT2D eigenvalue weighted by molar-refractivity contribution is 0.0491. The molecule has 0 spiro atoms. The molecule has 0 saturated heterocycles. The minimum atomic E-state index is -4.16. The van der Waals surface area contributed by atoms with Crippen LogP contribution in [0.25, 0.3) is 11.0 Å². The van der Waals surface area contributed by atoms with Gasteiger partial charge in [0.05, 0.1) is 40.6 Å². The summed E-state index contributed by atoms with van der Waals surface area (Å²) in [4.78, 5) is 30.2. The molecule has 3 aromatic carbocycles. The van der Waals surface area contributed by atoms with Crippen LogP contribution < -0.4 is 9.21 Å². The van der Waals surface area contributed by atoms with E-state index in [1.165, 1.54) is 22.7 Å². The van der Waals surface area contributed by atoms with E-state index in [2.05, 4.69) is 4.90 Å². The van der Waals surface area contributed by atoms with Crippen LogP contribution in [0.15, 0.2) is 92.8 Å². The fourth-order valence-corrected chi connectivity index (χ4v) is 7.60. The Labute approximate surface area is 291 Å². The molecule has 2 heterocycles. The molecule has 5 rings (SSSR count). The van der Waals surface area contributed by atoms with Crippen molar-refractivity contribution in [1.29, 1.82) is 0 Å². The van der Waals surface area contributed by atoms with Crippen LogP contribution in [-0.4, -0.2) is 51.4 Å². The molecule has 0 atom stereocenters. The molecule has 0 bridgehead atoms. The fraction of sp³-hybridized carbons (Fsp3) is 0.297. The highest BCUT2D eigenvalue weighted by Gasteiger charge is 2.30. The van der Waals surface area contributed by atoms with E-state index < -0.39 is 16.0 Å². The maximum atomic E-state index is 14.6. The second-order valence-electron chi connectivity index (χ2n) is 11.3. The fourth-order valence-electron chi connectivity index (χ4n) is 5.85. The van der Waals surface area contributed by atoms with Crippen molar-refractivity contribution in [3.63, 3.8) is 0 Å². The third-order valence-corrected chi connectivity index (χ3v) is 10.6. The number of fused-ring (bicyclic) bond motifs is 1. The van der Waals surface area contributed by atoms with E-state index >= 15 is 0 Å². The van der Waals surface area contributed by atoms with Crippen LogP contribution in [0.1, 0.15) is 65.5 Å². The second kappa shape index (κ2) is 15.2. The van der Waals surface area contributed by atoms with Crippen molar-refractivity contribution >= 4 is 55.8 Å². The molecule has 0 fully saturated rings. The van der Waals surface area contributed by atoms with E-state index in [9.17, 15) is 18.0 Å². The lowest BCUT2D eigenvalue weighted by Crippen LogP contribution is -2.34. The van der Waals surface area contributed by atoms with Crippen LogP contribution >= 0.6 is 11.6 Å². The van der Waals surface area contributed by atoms with Crippen molar-refractivity contribution in [1.82, 2.24) is 4.90 Å². The first-order valence-electron chi connectivity index (χ1n) is 16.2. The highest BCUT2D eigenvalue weighted by Crippen LogP contribution is 2.35. The molecule has 12 heteroatoms. The SMILES string of the molecule is CCOC(=O)c1oc2ccc(S(=O)(=O)N(CC)c3cc(N(CC)CC)ccc3CN(Cc3ccco3)C(=O)c3ccccc3Cl)cc2c1C. The van der Waals surface area contributed by atoms with E-state index in [0.29, 0.717) is 57.2 Å². The Kier molecular flexibility index (Phi) is 11.0. The zero-order valence-corrected chi connectivity index (χ0v) is 29.8. The number of furan rings is 2. The number of hydrogen-bond donors (Lipinski definition) is 0. The Bertz CT molecular complexity index is 2050. The number of hydrogen-bond acceptors (Lipinski definition) is 8. The third-order valence-electron chi connectivity index (χ3n) is 8.39. The summed E-state index contributed by atoms with van der Waals surface area (Å²) in [6.07, 6.45) is 1.54. The number of amides is 1. The van der Waals surface area contributed by atoms with Crippen molar-refractivity contribution in [2.24, 2.45) is 0 Å². The Morgan fingerprint density at radius 2 is 1.63 bits per heavy atom. The number of esters is 1. The smallest absolute Gasteiger partial charge is 0.374 e. The number of carbonyl (C=O) groups excluding carboxylic acids is 2. The Balaban J connectivity index is 1.62. The maximum Gasteiger partial charge on any atom is 0.374 e. The minimum Gasteiger partial charge on any atom is -0.467 e. The van der Waals surface area contributed by atoms with Gasteiger partial charge in [0.15, 0.2) is 0 Å².